The third-order valence-electron chi connectivity index (χ3n) is 2.21. The molecule has 0 bridgehead atoms. The molecule has 0 saturated heterocycles. The van der Waals surface area contributed by atoms with Gasteiger partial charge in [0.25, 0.3) is 5.92 Å². The van der Waals surface area contributed by atoms with E-state index < -0.39 is 19.0 Å². The van der Waals surface area contributed by atoms with Crippen molar-refractivity contribution in [3.8, 4) is 0 Å². The monoisotopic (exact) mass is 200 g/mol. The quantitative estimate of drug-likeness (QED) is 0.795. The van der Waals surface area contributed by atoms with Crippen LogP contribution in [0.25, 0.3) is 0 Å². The molecule has 0 amide bonds. The summed E-state index contributed by atoms with van der Waals surface area (Å²) in [5, 5.41) is 8.54. The van der Waals surface area contributed by atoms with Gasteiger partial charge in [-0.05, 0) is 25.5 Å². The van der Waals surface area contributed by atoms with Crippen molar-refractivity contribution in [2.24, 2.45) is 0 Å². The van der Waals surface area contributed by atoms with E-state index in [-0.39, 0.29) is 5.56 Å². The first-order valence-corrected chi connectivity index (χ1v) is 4.54. The first-order chi connectivity index (χ1) is 6.47. The summed E-state index contributed by atoms with van der Waals surface area (Å²) in [4.78, 5) is 0. The minimum absolute atomic E-state index is 0.0200. The molecule has 1 nitrogen and oxygen atoms in total. The summed E-state index contributed by atoms with van der Waals surface area (Å²) in [6, 6.07) is 4.95. The number of rotatable bonds is 3. The van der Waals surface area contributed by atoms with Crippen molar-refractivity contribution in [2.45, 2.75) is 26.2 Å². The number of hydrogen-bond acceptors (Lipinski definition) is 1. The average molecular weight is 200 g/mol. The summed E-state index contributed by atoms with van der Waals surface area (Å²) in [6.07, 6.45) is -0.517. The first-order valence-electron chi connectivity index (χ1n) is 4.54. The molecule has 1 rings (SSSR count). The molecule has 14 heavy (non-hydrogen) atoms. The molecule has 78 valence electrons. The van der Waals surface area contributed by atoms with Crippen LogP contribution < -0.4 is 0 Å². The largest absolute Gasteiger partial charge is 0.396 e. The summed E-state index contributed by atoms with van der Waals surface area (Å²) >= 11 is 0. The number of benzene rings is 1. The number of aliphatic hydroxyl groups is 1. The Morgan fingerprint density at radius 1 is 1.29 bits per heavy atom. The van der Waals surface area contributed by atoms with Crippen molar-refractivity contribution in [2.75, 3.05) is 6.61 Å². The number of aryl methyl sites for hydroxylation is 2. The molecule has 3 heteroatoms. The fourth-order valence-corrected chi connectivity index (χ4v) is 1.40. The van der Waals surface area contributed by atoms with Crippen LogP contribution in [-0.2, 0) is 5.92 Å². The zero-order valence-corrected chi connectivity index (χ0v) is 8.35. The lowest BCUT2D eigenvalue weighted by molar-refractivity contribution is -0.0275. The molecule has 0 fully saturated rings. The lowest BCUT2D eigenvalue weighted by Crippen LogP contribution is -2.16. The third kappa shape index (κ3) is 2.29. The van der Waals surface area contributed by atoms with E-state index in [0.717, 1.165) is 5.56 Å². The number of halogens is 2. The molecule has 0 aliphatic rings. The van der Waals surface area contributed by atoms with Gasteiger partial charge in [0.1, 0.15) is 0 Å². The second-order valence-electron chi connectivity index (χ2n) is 3.50. The zero-order chi connectivity index (χ0) is 10.8. The molecule has 0 aromatic heterocycles. The Kier molecular flexibility index (Phi) is 3.21. The fourth-order valence-electron chi connectivity index (χ4n) is 1.40. The molecule has 1 aromatic rings. The minimum atomic E-state index is -2.93. The smallest absolute Gasteiger partial charge is 0.275 e. The SMILES string of the molecule is Cc1ccc(C)c(C(F)(F)CCO)c1. The molecule has 1 N–H and O–H groups in total. The fraction of sp³-hybridized carbons (Fsp3) is 0.455. The summed E-state index contributed by atoms with van der Waals surface area (Å²) < 4.78 is 26.9. The Morgan fingerprint density at radius 3 is 2.50 bits per heavy atom. The Balaban J connectivity index is 3.10. The minimum Gasteiger partial charge on any atom is -0.396 e. The second-order valence-corrected chi connectivity index (χ2v) is 3.50. The van der Waals surface area contributed by atoms with Crippen LogP contribution in [0, 0.1) is 13.8 Å². The van der Waals surface area contributed by atoms with E-state index in [9.17, 15) is 8.78 Å². The molecule has 0 aliphatic heterocycles. The highest BCUT2D eigenvalue weighted by Crippen LogP contribution is 2.33. The summed E-state index contributed by atoms with van der Waals surface area (Å²) in [6.45, 7) is 2.93. The predicted molar refractivity (Wildman–Crippen MR) is 51.5 cm³/mol. The Labute approximate surface area is 82.4 Å². The van der Waals surface area contributed by atoms with Crippen molar-refractivity contribution in [3.05, 3.63) is 34.9 Å². The van der Waals surface area contributed by atoms with Gasteiger partial charge in [0, 0.05) is 18.6 Å². The third-order valence-corrected chi connectivity index (χ3v) is 2.21. The number of aliphatic hydroxyl groups excluding tert-OH is 1. The van der Waals surface area contributed by atoms with E-state index in [2.05, 4.69) is 0 Å². The Bertz CT molecular complexity index is 321. The van der Waals surface area contributed by atoms with E-state index in [1.54, 1.807) is 26.0 Å². The van der Waals surface area contributed by atoms with E-state index in [1.807, 2.05) is 0 Å². The highest BCUT2D eigenvalue weighted by Gasteiger charge is 2.32. The highest BCUT2D eigenvalue weighted by molar-refractivity contribution is 5.33. The lowest BCUT2D eigenvalue weighted by Gasteiger charge is -2.18. The summed E-state index contributed by atoms with van der Waals surface area (Å²) in [5.74, 6) is -2.93. The molecule has 0 unspecified atom stereocenters. The van der Waals surface area contributed by atoms with Crippen molar-refractivity contribution < 1.29 is 13.9 Å². The Morgan fingerprint density at radius 2 is 1.93 bits per heavy atom. The van der Waals surface area contributed by atoms with Gasteiger partial charge in [-0.1, -0.05) is 17.7 Å². The van der Waals surface area contributed by atoms with Gasteiger partial charge in [-0.25, -0.2) is 8.78 Å². The standard InChI is InChI=1S/C11H14F2O/c1-8-3-4-9(2)10(7-8)11(12,13)5-6-14/h3-4,7,14H,5-6H2,1-2H3. The highest BCUT2D eigenvalue weighted by atomic mass is 19.3. The van der Waals surface area contributed by atoms with E-state index >= 15 is 0 Å². The van der Waals surface area contributed by atoms with E-state index in [0.29, 0.717) is 5.56 Å². The normalized spacial score (nSPS) is 11.8. The summed E-state index contributed by atoms with van der Waals surface area (Å²) in [7, 11) is 0. The maximum absolute atomic E-state index is 13.4. The van der Waals surface area contributed by atoms with Gasteiger partial charge >= 0.3 is 0 Å². The molecular formula is C11H14F2O. The van der Waals surface area contributed by atoms with Gasteiger partial charge < -0.3 is 5.11 Å². The molecule has 0 heterocycles. The maximum atomic E-state index is 13.4. The van der Waals surface area contributed by atoms with Crippen molar-refractivity contribution in [1.29, 1.82) is 0 Å². The summed E-state index contributed by atoms with van der Waals surface area (Å²) in [5.41, 5.74) is 1.39. The van der Waals surface area contributed by atoms with Crippen molar-refractivity contribution in [1.82, 2.24) is 0 Å². The lowest BCUT2D eigenvalue weighted by atomic mass is 9.98. The molecule has 0 spiro atoms. The van der Waals surface area contributed by atoms with Crippen LogP contribution in [-0.4, -0.2) is 11.7 Å². The molecular weight excluding hydrogens is 186 g/mol. The van der Waals surface area contributed by atoms with E-state index in [1.165, 1.54) is 6.07 Å². The van der Waals surface area contributed by atoms with Gasteiger partial charge in [-0.15, -0.1) is 0 Å². The number of hydrogen-bond donors (Lipinski definition) is 1. The zero-order valence-electron chi connectivity index (χ0n) is 8.35. The van der Waals surface area contributed by atoms with Crippen LogP contribution in [0.1, 0.15) is 23.1 Å². The van der Waals surface area contributed by atoms with Gasteiger partial charge in [0.2, 0.25) is 0 Å². The van der Waals surface area contributed by atoms with E-state index in [4.69, 9.17) is 5.11 Å². The Hall–Kier alpha value is -0.960. The van der Waals surface area contributed by atoms with Crippen LogP contribution >= 0.6 is 0 Å². The van der Waals surface area contributed by atoms with Crippen molar-refractivity contribution >= 4 is 0 Å². The van der Waals surface area contributed by atoms with Crippen LogP contribution in [0.15, 0.2) is 18.2 Å². The topological polar surface area (TPSA) is 20.2 Å². The maximum Gasteiger partial charge on any atom is 0.275 e. The predicted octanol–water partition coefficient (Wildman–Crippen LogP) is 2.78. The van der Waals surface area contributed by atoms with Crippen LogP contribution in [0.3, 0.4) is 0 Å². The van der Waals surface area contributed by atoms with Gasteiger partial charge in [-0.3, -0.25) is 0 Å². The second kappa shape index (κ2) is 4.05. The molecule has 0 atom stereocenters. The van der Waals surface area contributed by atoms with Gasteiger partial charge in [0.05, 0.1) is 0 Å². The average Bonchev–Trinajstić information content (AvgIpc) is 2.09. The van der Waals surface area contributed by atoms with Crippen LogP contribution in [0.4, 0.5) is 8.78 Å². The van der Waals surface area contributed by atoms with Crippen LogP contribution in [0.2, 0.25) is 0 Å². The molecule has 1 aromatic carbocycles. The number of alkyl halides is 2. The molecule has 0 aliphatic carbocycles. The van der Waals surface area contributed by atoms with Crippen LogP contribution in [0.5, 0.6) is 0 Å². The van der Waals surface area contributed by atoms with Crippen molar-refractivity contribution in [3.63, 3.8) is 0 Å². The van der Waals surface area contributed by atoms with Gasteiger partial charge in [-0.2, -0.15) is 0 Å². The first kappa shape index (κ1) is 11.1. The molecule has 0 saturated carbocycles. The molecule has 0 radical (unpaired) electrons. The van der Waals surface area contributed by atoms with Gasteiger partial charge in [0.15, 0.2) is 0 Å².